The van der Waals surface area contributed by atoms with Crippen LogP contribution < -0.4 is 0 Å². The largest absolute Gasteiger partial charge is 0.379 e. The summed E-state index contributed by atoms with van der Waals surface area (Å²) in [4.78, 5) is 28.6. The van der Waals surface area contributed by atoms with Crippen molar-refractivity contribution in [2.45, 2.75) is 6.42 Å². The quantitative estimate of drug-likeness (QED) is 0.522. The zero-order chi connectivity index (χ0) is 13.0. The Bertz CT molecular complexity index is 426. The first kappa shape index (κ1) is 11.6. The van der Waals surface area contributed by atoms with E-state index >= 15 is 0 Å². The van der Waals surface area contributed by atoms with Gasteiger partial charge in [0.2, 0.25) is 11.8 Å². The van der Waals surface area contributed by atoms with Gasteiger partial charge in [0, 0.05) is 13.1 Å². The van der Waals surface area contributed by atoms with Crippen molar-refractivity contribution in [1.29, 1.82) is 0 Å². The number of fused-ring (bicyclic) bond motifs is 5. The van der Waals surface area contributed by atoms with Crippen LogP contribution in [0.25, 0.3) is 0 Å². The summed E-state index contributed by atoms with van der Waals surface area (Å²) in [6.07, 6.45) is 5.27. The molecule has 4 atom stereocenters. The number of imide groups is 1. The molecule has 5 heteroatoms. The topological polar surface area (TPSA) is 49.9 Å². The Hall–Kier alpha value is -1.20. The summed E-state index contributed by atoms with van der Waals surface area (Å²) in [5.74, 6) is 0.589. The van der Waals surface area contributed by atoms with Gasteiger partial charge in [-0.15, -0.1) is 0 Å². The van der Waals surface area contributed by atoms with Crippen molar-refractivity contribution >= 4 is 11.8 Å². The number of likely N-dealkylation sites (tertiary alicyclic amines) is 1. The Labute approximate surface area is 112 Å². The summed E-state index contributed by atoms with van der Waals surface area (Å²) in [6, 6.07) is 0. The Kier molecular flexibility index (Phi) is 2.53. The van der Waals surface area contributed by atoms with E-state index < -0.39 is 0 Å². The van der Waals surface area contributed by atoms with E-state index in [9.17, 15) is 9.59 Å². The maximum atomic E-state index is 12.5. The van der Waals surface area contributed by atoms with Crippen LogP contribution in [0, 0.1) is 23.7 Å². The second kappa shape index (κ2) is 4.15. The molecule has 0 aromatic heterocycles. The Balaban J connectivity index is 1.52. The predicted octanol–water partition coefficient (Wildman–Crippen LogP) is 0.0832. The molecular weight excluding hydrogens is 244 g/mol. The highest BCUT2D eigenvalue weighted by Crippen LogP contribution is 2.52. The summed E-state index contributed by atoms with van der Waals surface area (Å²) in [5.41, 5.74) is 0. The molecule has 19 heavy (non-hydrogen) atoms. The Morgan fingerprint density at radius 1 is 1.05 bits per heavy atom. The molecule has 5 nitrogen and oxygen atoms in total. The number of nitrogens with zero attached hydrogens (tertiary/aromatic N) is 2. The average molecular weight is 262 g/mol. The van der Waals surface area contributed by atoms with E-state index in [1.807, 2.05) is 0 Å². The molecule has 3 fully saturated rings. The van der Waals surface area contributed by atoms with Gasteiger partial charge in [-0.1, -0.05) is 12.2 Å². The van der Waals surface area contributed by atoms with Crippen LogP contribution in [0.15, 0.2) is 12.2 Å². The molecule has 0 radical (unpaired) electrons. The minimum absolute atomic E-state index is 0.0540. The van der Waals surface area contributed by atoms with Crippen molar-refractivity contribution in [3.63, 3.8) is 0 Å². The zero-order valence-corrected chi connectivity index (χ0v) is 10.8. The minimum atomic E-state index is -0.0662. The van der Waals surface area contributed by atoms with Gasteiger partial charge in [-0.05, 0) is 18.3 Å². The highest BCUT2D eigenvalue weighted by Gasteiger charge is 2.59. The van der Waals surface area contributed by atoms with Crippen molar-refractivity contribution in [3.8, 4) is 0 Å². The number of carbonyl (C=O) groups is 2. The van der Waals surface area contributed by atoms with Crippen LogP contribution in [0.4, 0.5) is 0 Å². The molecule has 2 bridgehead atoms. The predicted molar refractivity (Wildman–Crippen MR) is 66.8 cm³/mol. The highest BCUT2D eigenvalue weighted by molar-refractivity contribution is 6.06. The molecule has 2 amide bonds. The monoisotopic (exact) mass is 262 g/mol. The summed E-state index contributed by atoms with van der Waals surface area (Å²) in [6.45, 7) is 3.44. The number of hydrogen-bond acceptors (Lipinski definition) is 4. The fourth-order valence-corrected chi connectivity index (χ4v) is 4.05. The number of hydrogen-bond donors (Lipinski definition) is 0. The molecule has 2 heterocycles. The number of amides is 2. The van der Waals surface area contributed by atoms with E-state index in [0.717, 1.165) is 19.5 Å². The van der Waals surface area contributed by atoms with Crippen LogP contribution >= 0.6 is 0 Å². The number of morpholine rings is 1. The summed E-state index contributed by atoms with van der Waals surface area (Å²) in [5, 5.41) is 0. The second-order valence-corrected chi connectivity index (χ2v) is 5.98. The third kappa shape index (κ3) is 1.61. The fraction of sp³-hybridized carbons (Fsp3) is 0.714. The molecule has 4 rings (SSSR count). The molecule has 1 unspecified atom stereocenters. The first-order valence-corrected chi connectivity index (χ1v) is 7.09. The first-order chi connectivity index (χ1) is 9.25. The molecule has 1 saturated carbocycles. The maximum absolute atomic E-state index is 12.5. The van der Waals surface area contributed by atoms with E-state index in [1.165, 1.54) is 4.90 Å². The molecule has 4 aliphatic rings. The number of rotatable bonds is 2. The SMILES string of the molecule is O=C1[C@H]2[C@@H]3C=CC(C3)[C@H]2C(=O)N1CN1CCOCC1. The molecule has 2 saturated heterocycles. The van der Waals surface area contributed by atoms with E-state index in [0.29, 0.717) is 31.7 Å². The van der Waals surface area contributed by atoms with E-state index in [4.69, 9.17) is 4.74 Å². The van der Waals surface area contributed by atoms with Crippen LogP contribution in [0.3, 0.4) is 0 Å². The van der Waals surface area contributed by atoms with Gasteiger partial charge in [-0.25, -0.2) is 0 Å². The van der Waals surface area contributed by atoms with Crippen LogP contribution in [0.1, 0.15) is 6.42 Å². The number of ether oxygens (including phenoxy) is 1. The molecular formula is C14H18N2O3. The normalized spacial score (nSPS) is 41.4. The Morgan fingerprint density at radius 2 is 1.63 bits per heavy atom. The van der Waals surface area contributed by atoms with E-state index in [-0.39, 0.29) is 23.7 Å². The van der Waals surface area contributed by atoms with Gasteiger partial charge in [0.25, 0.3) is 0 Å². The van der Waals surface area contributed by atoms with Crippen LogP contribution in [-0.2, 0) is 14.3 Å². The molecule has 0 N–H and O–H groups in total. The van der Waals surface area contributed by atoms with Gasteiger partial charge < -0.3 is 4.74 Å². The highest BCUT2D eigenvalue weighted by atomic mass is 16.5. The van der Waals surface area contributed by atoms with Gasteiger partial charge >= 0.3 is 0 Å². The van der Waals surface area contributed by atoms with Crippen molar-refractivity contribution in [1.82, 2.24) is 9.80 Å². The van der Waals surface area contributed by atoms with Crippen molar-refractivity contribution in [3.05, 3.63) is 12.2 Å². The lowest BCUT2D eigenvalue weighted by Gasteiger charge is -2.30. The smallest absolute Gasteiger partial charge is 0.234 e. The van der Waals surface area contributed by atoms with Crippen molar-refractivity contribution < 1.29 is 14.3 Å². The number of carbonyl (C=O) groups excluding carboxylic acids is 2. The summed E-state index contributed by atoms with van der Waals surface area (Å²) < 4.78 is 5.30. The molecule has 102 valence electrons. The molecule has 0 spiro atoms. The molecule has 2 aliphatic heterocycles. The summed E-state index contributed by atoms with van der Waals surface area (Å²) in [7, 11) is 0. The Morgan fingerprint density at radius 3 is 2.21 bits per heavy atom. The van der Waals surface area contributed by atoms with Gasteiger partial charge in [0.1, 0.15) is 0 Å². The van der Waals surface area contributed by atoms with Gasteiger partial charge in [0.05, 0.1) is 31.7 Å². The lowest BCUT2D eigenvalue weighted by Crippen LogP contribution is -2.46. The van der Waals surface area contributed by atoms with Crippen LogP contribution in [0.5, 0.6) is 0 Å². The van der Waals surface area contributed by atoms with Crippen LogP contribution in [0.2, 0.25) is 0 Å². The van der Waals surface area contributed by atoms with Crippen LogP contribution in [-0.4, -0.2) is 54.6 Å². The minimum Gasteiger partial charge on any atom is -0.379 e. The van der Waals surface area contributed by atoms with Gasteiger partial charge in [0.15, 0.2) is 0 Å². The molecule has 2 aliphatic carbocycles. The number of allylic oxidation sites excluding steroid dienone is 2. The van der Waals surface area contributed by atoms with Crippen molar-refractivity contribution in [2.24, 2.45) is 23.7 Å². The average Bonchev–Trinajstić information content (AvgIpc) is 3.10. The van der Waals surface area contributed by atoms with Gasteiger partial charge in [-0.3, -0.25) is 19.4 Å². The summed E-state index contributed by atoms with van der Waals surface area (Å²) >= 11 is 0. The maximum Gasteiger partial charge on any atom is 0.234 e. The van der Waals surface area contributed by atoms with E-state index in [1.54, 1.807) is 0 Å². The van der Waals surface area contributed by atoms with Crippen molar-refractivity contribution in [2.75, 3.05) is 33.0 Å². The lowest BCUT2D eigenvalue weighted by molar-refractivity contribution is -0.144. The third-order valence-electron chi connectivity index (χ3n) is 5.01. The first-order valence-electron chi connectivity index (χ1n) is 7.09. The second-order valence-electron chi connectivity index (χ2n) is 5.98. The lowest BCUT2D eigenvalue weighted by atomic mass is 9.85. The fourth-order valence-electron chi connectivity index (χ4n) is 4.05. The molecule has 0 aromatic rings. The third-order valence-corrected chi connectivity index (χ3v) is 5.01. The zero-order valence-electron chi connectivity index (χ0n) is 10.8. The van der Waals surface area contributed by atoms with Gasteiger partial charge in [-0.2, -0.15) is 0 Å². The standard InChI is InChI=1S/C14H18N2O3/c17-13-11-9-1-2-10(7-9)12(11)14(18)16(13)8-15-3-5-19-6-4-15/h1-2,9-12H,3-8H2/t9-,10?,11+,12-/m1/s1. The van der Waals surface area contributed by atoms with E-state index in [2.05, 4.69) is 17.1 Å². The molecule has 0 aromatic carbocycles.